The number of carbonyl (C=O) groups excluding carboxylic acids is 1. The van der Waals surface area contributed by atoms with Crippen LogP contribution in [0.2, 0.25) is 0 Å². The Morgan fingerprint density at radius 2 is 2.00 bits per heavy atom. The van der Waals surface area contributed by atoms with Crippen molar-refractivity contribution in [3.8, 4) is 0 Å². The van der Waals surface area contributed by atoms with Crippen molar-refractivity contribution in [1.82, 2.24) is 5.32 Å². The molecular weight excluding hydrogens is 234 g/mol. The second-order valence-electron chi connectivity index (χ2n) is 5.15. The third kappa shape index (κ3) is 2.33. The molecule has 1 fully saturated rings. The average molecular weight is 251 g/mol. The summed E-state index contributed by atoms with van der Waals surface area (Å²) in [7, 11) is 0. The number of nitrogens with one attached hydrogen (secondary N) is 1. The quantitative estimate of drug-likeness (QED) is 0.703. The predicted molar refractivity (Wildman–Crippen MR) is 69.4 cm³/mol. The van der Waals surface area contributed by atoms with Gasteiger partial charge in [-0.1, -0.05) is 13.8 Å². The number of aliphatic hydroxyl groups is 1. The molecule has 17 heavy (non-hydrogen) atoms. The van der Waals surface area contributed by atoms with Gasteiger partial charge in [0.2, 0.25) is 0 Å². The third-order valence-electron chi connectivity index (χ3n) is 3.65. The van der Waals surface area contributed by atoms with E-state index in [4.69, 9.17) is 0 Å². The Morgan fingerprint density at radius 3 is 2.47 bits per heavy atom. The van der Waals surface area contributed by atoms with Crippen molar-refractivity contribution < 1.29 is 9.90 Å². The Balaban J connectivity index is 2.01. The van der Waals surface area contributed by atoms with Crippen LogP contribution < -0.4 is 5.32 Å². The van der Waals surface area contributed by atoms with Crippen molar-refractivity contribution in [2.24, 2.45) is 5.41 Å². The van der Waals surface area contributed by atoms with E-state index in [9.17, 15) is 9.90 Å². The van der Waals surface area contributed by atoms with Gasteiger partial charge in [0.1, 0.15) is 0 Å². The van der Waals surface area contributed by atoms with E-state index in [1.54, 1.807) is 24.3 Å². The average Bonchev–Trinajstić information content (AvgIpc) is 2.29. The van der Waals surface area contributed by atoms with E-state index in [1.165, 1.54) is 0 Å². The van der Waals surface area contributed by atoms with Gasteiger partial charge in [0, 0.05) is 21.9 Å². The van der Waals surface area contributed by atoms with Crippen LogP contribution in [0.1, 0.15) is 30.6 Å². The minimum atomic E-state index is -0.326. The summed E-state index contributed by atoms with van der Waals surface area (Å²) in [5.74, 6) is -0.0942. The summed E-state index contributed by atoms with van der Waals surface area (Å²) in [6.07, 6.45) is 0.302. The molecule has 1 saturated carbocycles. The van der Waals surface area contributed by atoms with Gasteiger partial charge in [-0.3, -0.25) is 4.79 Å². The highest BCUT2D eigenvalue weighted by Gasteiger charge is 2.47. The number of hydrogen-bond donors (Lipinski definition) is 3. The van der Waals surface area contributed by atoms with Crippen molar-refractivity contribution in [1.29, 1.82) is 0 Å². The lowest BCUT2D eigenvalue weighted by molar-refractivity contribution is -0.0689. The number of thiol groups is 1. The monoisotopic (exact) mass is 251 g/mol. The number of aliphatic hydroxyl groups excluding tert-OH is 1. The Morgan fingerprint density at radius 1 is 1.41 bits per heavy atom. The van der Waals surface area contributed by atoms with Crippen LogP contribution in [-0.2, 0) is 0 Å². The summed E-state index contributed by atoms with van der Waals surface area (Å²) in [5.41, 5.74) is 0.388. The lowest BCUT2D eigenvalue weighted by Gasteiger charge is -2.49. The Hall–Kier alpha value is -1.00. The molecule has 1 aliphatic carbocycles. The molecule has 2 rings (SSSR count). The van der Waals surface area contributed by atoms with Gasteiger partial charge in [-0.15, -0.1) is 12.6 Å². The van der Waals surface area contributed by atoms with Crippen LogP contribution >= 0.6 is 12.6 Å². The van der Waals surface area contributed by atoms with Gasteiger partial charge in [-0.2, -0.15) is 0 Å². The summed E-state index contributed by atoms with van der Waals surface area (Å²) in [6, 6.07) is 7.12. The molecule has 0 bridgehead atoms. The topological polar surface area (TPSA) is 49.3 Å². The SMILES string of the molecule is CC1(C)C(O)CC1NC(=O)c1ccc(S)cc1. The fourth-order valence-electron chi connectivity index (χ4n) is 2.00. The fraction of sp³-hybridized carbons (Fsp3) is 0.462. The summed E-state index contributed by atoms with van der Waals surface area (Å²) in [4.78, 5) is 12.8. The van der Waals surface area contributed by atoms with Crippen LogP contribution in [-0.4, -0.2) is 23.2 Å². The number of hydrogen-bond acceptors (Lipinski definition) is 3. The first kappa shape index (κ1) is 12.5. The van der Waals surface area contributed by atoms with E-state index in [0.717, 1.165) is 4.90 Å². The first-order chi connectivity index (χ1) is 7.91. The maximum absolute atomic E-state index is 11.9. The molecule has 1 aromatic carbocycles. The molecule has 0 radical (unpaired) electrons. The molecule has 2 N–H and O–H groups in total. The number of rotatable bonds is 2. The second kappa shape index (κ2) is 4.35. The molecule has 1 aromatic rings. The van der Waals surface area contributed by atoms with Gasteiger partial charge >= 0.3 is 0 Å². The zero-order valence-corrected chi connectivity index (χ0v) is 10.9. The second-order valence-corrected chi connectivity index (χ2v) is 5.66. The molecule has 1 aliphatic rings. The molecule has 2 unspecified atom stereocenters. The van der Waals surface area contributed by atoms with Crippen molar-refractivity contribution in [2.45, 2.75) is 37.3 Å². The van der Waals surface area contributed by atoms with E-state index in [0.29, 0.717) is 12.0 Å². The molecule has 0 heterocycles. The summed E-state index contributed by atoms with van der Waals surface area (Å²) >= 11 is 4.17. The smallest absolute Gasteiger partial charge is 0.251 e. The van der Waals surface area contributed by atoms with E-state index in [2.05, 4.69) is 17.9 Å². The van der Waals surface area contributed by atoms with Gasteiger partial charge < -0.3 is 10.4 Å². The summed E-state index contributed by atoms with van der Waals surface area (Å²) in [5, 5.41) is 12.6. The van der Waals surface area contributed by atoms with Crippen LogP contribution in [0, 0.1) is 5.41 Å². The largest absolute Gasteiger partial charge is 0.392 e. The summed E-state index contributed by atoms with van der Waals surface area (Å²) in [6.45, 7) is 3.92. The molecule has 3 nitrogen and oxygen atoms in total. The van der Waals surface area contributed by atoms with E-state index in [-0.39, 0.29) is 23.5 Å². The highest BCUT2D eigenvalue weighted by atomic mass is 32.1. The van der Waals surface area contributed by atoms with Crippen LogP contribution in [0.15, 0.2) is 29.2 Å². The lowest BCUT2D eigenvalue weighted by Crippen LogP contribution is -2.61. The van der Waals surface area contributed by atoms with Crippen LogP contribution in [0.25, 0.3) is 0 Å². The maximum atomic E-state index is 11.9. The van der Waals surface area contributed by atoms with Gasteiger partial charge in [0.25, 0.3) is 5.91 Å². The molecule has 1 amide bonds. The minimum Gasteiger partial charge on any atom is -0.392 e. The van der Waals surface area contributed by atoms with Gasteiger partial charge in [0.15, 0.2) is 0 Å². The number of benzene rings is 1. The molecule has 2 atom stereocenters. The van der Waals surface area contributed by atoms with Gasteiger partial charge in [0.05, 0.1) is 6.10 Å². The van der Waals surface area contributed by atoms with Crippen LogP contribution in [0.5, 0.6) is 0 Å². The van der Waals surface area contributed by atoms with Crippen molar-refractivity contribution >= 4 is 18.5 Å². The number of carbonyl (C=O) groups is 1. The molecular formula is C13H17NO2S. The standard InChI is InChI=1S/C13H17NO2S/c1-13(2)10(7-11(13)15)14-12(16)8-3-5-9(17)6-4-8/h3-6,10-11,15,17H,7H2,1-2H3,(H,14,16). The predicted octanol–water partition coefficient (Wildman–Crippen LogP) is 1.86. The van der Waals surface area contributed by atoms with E-state index < -0.39 is 0 Å². The normalized spacial score (nSPS) is 26.1. The number of amides is 1. The fourth-order valence-corrected chi connectivity index (χ4v) is 2.15. The highest BCUT2D eigenvalue weighted by Crippen LogP contribution is 2.40. The molecule has 0 aliphatic heterocycles. The van der Waals surface area contributed by atoms with Crippen molar-refractivity contribution in [3.05, 3.63) is 29.8 Å². The third-order valence-corrected chi connectivity index (χ3v) is 3.95. The lowest BCUT2D eigenvalue weighted by atomic mass is 9.64. The highest BCUT2D eigenvalue weighted by molar-refractivity contribution is 7.80. The molecule has 0 saturated heterocycles. The Bertz CT molecular complexity index is 428. The van der Waals surface area contributed by atoms with Gasteiger partial charge in [-0.05, 0) is 30.7 Å². The van der Waals surface area contributed by atoms with Crippen LogP contribution in [0.3, 0.4) is 0 Å². The first-order valence-corrected chi connectivity index (χ1v) is 6.14. The van der Waals surface area contributed by atoms with Gasteiger partial charge in [-0.25, -0.2) is 0 Å². The first-order valence-electron chi connectivity index (χ1n) is 5.69. The van der Waals surface area contributed by atoms with E-state index >= 15 is 0 Å². The summed E-state index contributed by atoms with van der Waals surface area (Å²) < 4.78 is 0. The minimum absolute atomic E-state index is 0.0423. The molecule has 0 spiro atoms. The Kier molecular flexibility index (Phi) is 3.19. The molecule has 0 aromatic heterocycles. The van der Waals surface area contributed by atoms with E-state index in [1.807, 2.05) is 13.8 Å². The Labute approximate surface area is 107 Å². The molecule has 92 valence electrons. The zero-order valence-electron chi connectivity index (χ0n) is 9.97. The zero-order chi connectivity index (χ0) is 12.6. The van der Waals surface area contributed by atoms with Crippen molar-refractivity contribution in [3.63, 3.8) is 0 Å². The maximum Gasteiger partial charge on any atom is 0.251 e. The molecule has 4 heteroatoms. The van der Waals surface area contributed by atoms with Crippen LogP contribution in [0.4, 0.5) is 0 Å². The van der Waals surface area contributed by atoms with Crippen molar-refractivity contribution in [2.75, 3.05) is 0 Å².